The number of benzene rings is 1. The van der Waals surface area contributed by atoms with Crippen LogP contribution in [0.4, 0.5) is 5.82 Å². The van der Waals surface area contributed by atoms with Crippen molar-refractivity contribution in [3.63, 3.8) is 0 Å². The number of aromatic nitrogens is 5. The summed E-state index contributed by atoms with van der Waals surface area (Å²) in [6.07, 6.45) is 3.08. The molecular formula is C23H28N8O3S2. The number of nitrogens with one attached hydrogen (secondary N) is 1. The molecule has 2 aliphatic rings. The molecule has 1 aromatic carbocycles. The van der Waals surface area contributed by atoms with Gasteiger partial charge in [0.15, 0.2) is 17.3 Å². The predicted octanol–water partition coefficient (Wildman–Crippen LogP) is 1.85. The molecule has 0 radical (unpaired) electrons. The second kappa shape index (κ2) is 9.30. The first kappa shape index (κ1) is 23.7. The van der Waals surface area contributed by atoms with Crippen molar-refractivity contribution in [1.82, 2.24) is 34.4 Å². The van der Waals surface area contributed by atoms with Crippen LogP contribution in [0.1, 0.15) is 10.6 Å². The maximum atomic E-state index is 11.8. The largest absolute Gasteiger partial charge is 0.378 e. The molecule has 0 unspecified atom stereocenters. The van der Waals surface area contributed by atoms with Crippen molar-refractivity contribution in [3.8, 4) is 11.4 Å². The van der Waals surface area contributed by atoms with Gasteiger partial charge in [-0.3, -0.25) is 10.00 Å². The summed E-state index contributed by atoms with van der Waals surface area (Å²) < 4.78 is 31.8. The first-order valence-corrected chi connectivity index (χ1v) is 14.6. The fraction of sp³-hybridized carbons (Fsp3) is 0.478. The molecule has 2 aliphatic heterocycles. The zero-order valence-corrected chi connectivity index (χ0v) is 21.9. The van der Waals surface area contributed by atoms with Crippen molar-refractivity contribution in [2.75, 3.05) is 63.6 Å². The van der Waals surface area contributed by atoms with E-state index in [0.717, 1.165) is 50.6 Å². The molecule has 4 aromatic rings. The van der Waals surface area contributed by atoms with Gasteiger partial charge in [0.25, 0.3) is 0 Å². The molecule has 0 spiro atoms. The molecule has 2 fully saturated rings. The number of thiazole rings is 1. The number of H-pyrrole nitrogens is 1. The lowest BCUT2D eigenvalue weighted by atomic mass is 10.1. The van der Waals surface area contributed by atoms with Gasteiger partial charge in [-0.1, -0.05) is 0 Å². The molecule has 11 nitrogen and oxygen atoms in total. The van der Waals surface area contributed by atoms with Crippen LogP contribution in [0.5, 0.6) is 0 Å². The number of aromatic amines is 1. The Hall–Kier alpha value is -2.71. The van der Waals surface area contributed by atoms with E-state index in [1.54, 1.807) is 11.3 Å². The number of hydrogen-bond acceptors (Lipinski definition) is 10. The molecule has 5 heterocycles. The Labute approximate surface area is 213 Å². The zero-order chi connectivity index (χ0) is 24.9. The topological polar surface area (TPSA) is 120 Å². The summed E-state index contributed by atoms with van der Waals surface area (Å²) in [5.74, 6) is 1.55. The summed E-state index contributed by atoms with van der Waals surface area (Å²) in [5, 5.41) is 9.15. The van der Waals surface area contributed by atoms with Gasteiger partial charge in [0.05, 0.1) is 37.7 Å². The summed E-state index contributed by atoms with van der Waals surface area (Å²) in [4.78, 5) is 19.4. The highest BCUT2D eigenvalue weighted by Gasteiger charge is 2.26. The summed E-state index contributed by atoms with van der Waals surface area (Å²) in [6.45, 7) is 7.95. The van der Waals surface area contributed by atoms with Crippen LogP contribution in [0.25, 0.3) is 32.6 Å². The number of piperazine rings is 1. The van der Waals surface area contributed by atoms with Crippen LogP contribution >= 0.6 is 11.3 Å². The van der Waals surface area contributed by atoms with Gasteiger partial charge in [-0.05, 0) is 24.6 Å². The highest BCUT2D eigenvalue weighted by molar-refractivity contribution is 7.88. The van der Waals surface area contributed by atoms with E-state index in [-0.39, 0.29) is 0 Å². The van der Waals surface area contributed by atoms with Crippen molar-refractivity contribution in [2.24, 2.45) is 0 Å². The van der Waals surface area contributed by atoms with Crippen molar-refractivity contribution >= 4 is 48.4 Å². The van der Waals surface area contributed by atoms with Crippen LogP contribution in [0.15, 0.2) is 18.3 Å². The van der Waals surface area contributed by atoms with Crippen LogP contribution in [-0.4, -0.2) is 102 Å². The molecule has 190 valence electrons. The van der Waals surface area contributed by atoms with Crippen molar-refractivity contribution in [1.29, 1.82) is 0 Å². The maximum absolute atomic E-state index is 11.8. The van der Waals surface area contributed by atoms with Gasteiger partial charge in [0.1, 0.15) is 9.71 Å². The average molecular weight is 529 g/mol. The van der Waals surface area contributed by atoms with E-state index in [1.165, 1.54) is 10.6 Å². The first-order chi connectivity index (χ1) is 17.3. The van der Waals surface area contributed by atoms with Crippen LogP contribution in [0, 0.1) is 6.92 Å². The number of fused-ring (bicyclic) bond motifs is 2. The Morgan fingerprint density at radius 2 is 1.83 bits per heavy atom. The van der Waals surface area contributed by atoms with Crippen LogP contribution in [-0.2, 0) is 21.3 Å². The van der Waals surface area contributed by atoms with E-state index < -0.39 is 10.0 Å². The monoisotopic (exact) mass is 528 g/mol. The Kier molecular flexibility index (Phi) is 6.12. The molecule has 6 rings (SSSR count). The molecule has 36 heavy (non-hydrogen) atoms. The average Bonchev–Trinajstić information content (AvgIpc) is 3.49. The second-order valence-corrected chi connectivity index (χ2v) is 12.4. The summed E-state index contributed by atoms with van der Waals surface area (Å²) in [7, 11) is -3.15. The highest BCUT2D eigenvalue weighted by atomic mass is 32.2. The Morgan fingerprint density at radius 3 is 2.58 bits per heavy atom. The Morgan fingerprint density at radius 1 is 1.06 bits per heavy atom. The number of hydrogen-bond donors (Lipinski definition) is 1. The van der Waals surface area contributed by atoms with E-state index >= 15 is 0 Å². The molecule has 0 atom stereocenters. The number of anilines is 1. The standard InChI is InChI=1S/C23H28N8O3S2/c1-15-11-18-16(13-24-28-18)12-17(15)21-26-22-20(23(27-21)30-7-9-34-10-8-30)35-19(25-22)14-29-3-5-31(6-4-29)36(2,32)33/h11-13H,3-10,14H2,1-2H3,(H,24,28). The Balaban J connectivity index is 1.36. The summed E-state index contributed by atoms with van der Waals surface area (Å²) >= 11 is 1.62. The SMILES string of the molecule is Cc1cc2[nH]ncc2cc1-c1nc(N2CCOCC2)c2sc(CN3CCN(S(C)(=O)=O)CC3)nc2n1. The quantitative estimate of drug-likeness (QED) is 0.414. The van der Waals surface area contributed by atoms with Gasteiger partial charge in [0, 0.05) is 50.2 Å². The van der Waals surface area contributed by atoms with Gasteiger partial charge in [-0.25, -0.2) is 23.4 Å². The smallest absolute Gasteiger partial charge is 0.211 e. The lowest BCUT2D eigenvalue weighted by Gasteiger charge is -2.32. The molecule has 1 N–H and O–H groups in total. The number of rotatable bonds is 5. The second-order valence-electron chi connectivity index (χ2n) is 9.29. The van der Waals surface area contributed by atoms with Gasteiger partial charge in [-0.15, -0.1) is 11.3 Å². The van der Waals surface area contributed by atoms with Crippen molar-refractivity contribution in [3.05, 3.63) is 28.9 Å². The normalized spacial score (nSPS) is 18.4. The number of morpholine rings is 1. The summed E-state index contributed by atoms with van der Waals surface area (Å²) in [6, 6.07) is 4.15. The minimum Gasteiger partial charge on any atom is -0.378 e. The highest BCUT2D eigenvalue weighted by Crippen LogP contribution is 2.34. The third-order valence-electron chi connectivity index (χ3n) is 6.78. The Bertz CT molecular complexity index is 1520. The van der Waals surface area contributed by atoms with Crippen LogP contribution < -0.4 is 4.90 Å². The number of nitrogens with zero attached hydrogens (tertiary/aromatic N) is 7. The van der Waals surface area contributed by atoms with E-state index in [1.807, 2.05) is 6.20 Å². The lowest BCUT2D eigenvalue weighted by molar-refractivity contribution is 0.122. The van der Waals surface area contributed by atoms with Crippen molar-refractivity contribution in [2.45, 2.75) is 13.5 Å². The van der Waals surface area contributed by atoms with Crippen LogP contribution in [0.3, 0.4) is 0 Å². The van der Waals surface area contributed by atoms with E-state index in [4.69, 9.17) is 19.7 Å². The molecule has 2 saturated heterocycles. The molecule has 13 heteroatoms. The number of sulfonamides is 1. The lowest BCUT2D eigenvalue weighted by Crippen LogP contribution is -2.47. The fourth-order valence-corrected chi connectivity index (χ4v) is 6.67. The van der Waals surface area contributed by atoms with Gasteiger partial charge in [-0.2, -0.15) is 9.40 Å². The minimum atomic E-state index is -3.15. The van der Waals surface area contributed by atoms with Gasteiger partial charge < -0.3 is 9.64 Å². The zero-order valence-electron chi connectivity index (χ0n) is 20.3. The predicted molar refractivity (Wildman–Crippen MR) is 140 cm³/mol. The third-order valence-corrected chi connectivity index (χ3v) is 9.10. The molecular weight excluding hydrogens is 500 g/mol. The summed E-state index contributed by atoms with van der Waals surface area (Å²) in [5.41, 5.74) is 3.71. The van der Waals surface area contributed by atoms with Gasteiger partial charge >= 0.3 is 0 Å². The molecule has 0 aliphatic carbocycles. The maximum Gasteiger partial charge on any atom is 0.211 e. The minimum absolute atomic E-state index is 0.502. The number of ether oxygens (including phenoxy) is 1. The van der Waals surface area contributed by atoms with E-state index in [9.17, 15) is 8.42 Å². The molecule has 0 saturated carbocycles. The molecule has 0 amide bonds. The van der Waals surface area contributed by atoms with Gasteiger partial charge in [0.2, 0.25) is 10.0 Å². The molecule has 3 aromatic heterocycles. The first-order valence-electron chi connectivity index (χ1n) is 12.0. The fourth-order valence-electron chi connectivity index (χ4n) is 4.78. The van der Waals surface area contributed by atoms with Crippen LogP contribution in [0.2, 0.25) is 0 Å². The van der Waals surface area contributed by atoms with Crippen molar-refractivity contribution < 1.29 is 13.2 Å². The molecule has 0 bridgehead atoms. The van der Waals surface area contributed by atoms with E-state index in [0.29, 0.717) is 57.4 Å². The van der Waals surface area contributed by atoms with E-state index in [2.05, 4.69) is 39.1 Å². The third kappa shape index (κ3) is 4.57. The number of aryl methyl sites for hydroxylation is 1.